The summed E-state index contributed by atoms with van der Waals surface area (Å²) in [4.78, 5) is 14.7. The molecule has 3 aliphatic rings. The van der Waals surface area contributed by atoms with E-state index in [4.69, 9.17) is 4.74 Å². The number of para-hydroxylation sites is 1. The highest BCUT2D eigenvalue weighted by molar-refractivity contribution is 5.82. The van der Waals surface area contributed by atoms with E-state index >= 15 is 0 Å². The lowest BCUT2D eigenvalue weighted by molar-refractivity contribution is -0.140. The number of hydrogen-bond donors (Lipinski definition) is 1. The highest BCUT2D eigenvalue weighted by atomic mass is 16.5. The molecule has 3 aliphatic heterocycles. The third-order valence-electron chi connectivity index (χ3n) is 5.39. The fourth-order valence-electron chi connectivity index (χ4n) is 3.95. The van der Waals surface area contributed by atoms with E-state index in [1.165, 1.54) is 6.42 Å². The zero-order chi connectivity index (χ0) is 14.3. The molecule has 0 saturated carbocycles. The Labute approximate surface area is 125 Å². The molecule has 4 nitrogen and oxygen atoms in total. The molecule has 21 heavy (non-hydrogen) atoms. The third-order valence-corrected chi connectivity index (χ3v) is 5.39. The summed E-state index contributed by atoms with van der Waals surface area (Å²) in [5.41, 5.74) is 1.61. The van der Waals surface area contributed by atoms with Gasteiger partial charge in [-0.1, -0.05) is 18.2 Å². The van der Waals surface area contributed by atoms with E-state index < -0.39 is 0 Å². The minimum atomic E-state index is -0.307. The molecule has 0 bridgehead atoms. The maximum Gasteiger partial charge on any atom is 0.263 e. The van der Waals surface area contributed by atoms with E-state index in [1.807, 2.05) is 23.1 Å². The predicted octanol–water partition coefficient (Wildman–Crippen LogP) is 1.59. The van der Waals surface area contributed by atoms with Crippen LogP contribution in [0, 0.1) is 5.41 Å². The number of nitrogens with zero attached hydrogens (tertiary/aromatic N) is 1. The Morgan fingerprint density at radius 1 is 1.24 bits per heavy atom. The number of nitrogens with one attached hydrogen (secondary N) is 1. The largest absolute Gasteiger partial charge is 0.480 e. The van der Waals surface area contributed by atoms with Crippen LogP contribution in [0.25, 0.3) is 0 Å². The Kier molecular flexibility index (Phi) is 3.14. The molecule has 1 unspecified atom stereocenters. The first-order chi connectivity index (χ1) is 10.3. The van der Waals surface area contributed by atoms with Crippen molar-refractivity contribution in [1.29, 1.82) is 0 Å². The third kappa shape index (κ3) is 2.31. The predicted molar refractivity (Wildman–Crippen MR) is 80.3 cm³/mol. The normalized spacial score (nSPS) is 26.7. The Morgan fingerprint density at radius 3 is 2.76 bits per heavy atom. The van der Waals surface area contributed by atoms with Crippen LogP contribution in [0.5, 0.6) is 5.75 Å². The number of carbonyl (C=O) groups is 1. The second-order valence-corrected chi connectivity index (χ2v) is 6.67. The van der Waals surface area contributed by atoms with Crippen LogP contribution < -0.4 is 10.1 Å². The maximum atomic E-state index is 12.7. The van der Waals surface area contributed by atoms with Crippen molar-refractivity contribution in [2.45, 2.75) is 31.8 Å². The van der Waals surface area contributed by atoms with Crippen LogP contribution in [0.2, 0.25) is 0 Å². The van der Waals surface area contributed by atoms with Gasteiger partial charge in [0.2, 0.25) is 0 Å². The number of rotatable bonds is 1. The van der Waals surface area contributed by atoms with Crippen LogP contribution in [-0.2, 0) is 11.2 Å². The first kappa shape index (κ1) is 13.1. The Hall–Kier alpha value is -1.55. The molecule has 0 aliphatic carbocycles. The Morgan fingerprint density at radius 2 is 2.05 bits per heavy atom. The molecule has 0 aromatic heterocycles. The smallest absolute Gasteiger partial charge is 0.263 e. The van der Waals surface area contributed by atoms with Gasteiger partial charge in [0, 0.05) is 26.1 Å². The standard InChI is InChI=1S/C17H22N2O2/c20-16(15-11-13-3-1-2-4-14(13)21-15)19-9-6-17(7-10-19)5-8-18-12-17/h1-4,15,18H,5-12H2. The molecule has 1 spiro atoms. The average Bonchev–Trinajstić information content (AvgIpc) is 3.14. The summed E-state index contributed by atoms with van der Waals surface area (Å²) in [6.07, 6.45) is 3.94. The molecule has 1 atom stereocenters. The van der Waals surface area contributed by atoms with Crippen molar-refractivity contribution in [3.63, 3.8) is 0 Å². The van der Waals surface area contributed by atoms with Crippen LogP contribution in [0.1, 0.15) is 24.8 Å². The number of hydrogen-bond acceptors (Lipinski definition) is 3. The van der Waals surface area contributed by atoms with E-state index in [0.717, 1.165) is 56.8 Å². The number of amides is 1. The van der Waals surface area contributed by atoms with Gasteiger partial charge < -0.3 is 15.0 Å². The zero-order valence-electron chi connectivity index (χ0n) is 12.3. The number of likely N-dealkylation sites (tertiary alicyclic amines) is 1. The van der Waals surface area contributed by atoms with Crippen LogP contribution in [0.4, 0.5) is 0 Å². The van der Waals surface area contributed by atoms with Gasteiger partial charge in [0.15, 0.2) is 6.10 Å². The molecule has 2 fully saturated rings. The molecule has 1 N–H and O–H groups in total. The molecule has 112 valence electrons. The van der Waals surface area contributed by atoms with Gasteiger partial charge in [0.25, 0.3) is 5.91 Å². The van der Waals surface area contributed by atoms with E-state index in [9.17, 15) is 4.79 Å². The number of fused-ring (bicyclic) bond motifs is 1. The topological polar surface area (TPSA) is 41.6 Å². The van der Waals surface area contributed by atoms with E-state index in [2.05, 4.69) is 11.4 Å². The van der Waals surface area contributed by atoms with E-state index in [0.29, 0.717) is 5.41 Å². The van der Waals surface area contributed by atoms with Crippen molar-refractivity contribution >= 4 is 5.91 Å². The summed E-state index contributed by atoms with van der Waals surface area (Å²) in [6, 6.07) is 7.98. The minimum absolute atomic E-state index is 0.173. The van der Waals surface area contributed by atoms with Crippen molar-refractivity contribution in [2.24, 2.45) is 5.41 Å². The zero-order valence-corrected chi connectivity index (χ0v) is 12.3. The van der Waals surface area contributed by atoms with Crippen molar-refractivity contribution in [1.82, 2.24) is 10.2 Å². The van der Waals surface area contributed by atoms with Crippen LogP contribution in [-0.4, -0.2) is 43.1 Å². The molecule has 1 aromatic carbocycles. The van der Waals surface area contributed by atoms with Gasteiger partial charge in [-0.25, -0.2) is 0 Å². The summed E-state index contributed by atoms with van der Waals surface area (Å²) in [5.74, 6) is 1.05. The molecule has 4 rings (SSSR count). The van der Waals surface area contributed by atoms with Crippen LogP contribution >= 0.6 is 0 Å². The van der Waals surface area contributed by atoms with Gasteiger partial charge >= 0.3 is 0 Å². The van der Waals surface area contributed by atoms with Crippen molar-refractivity contribution < 1.29 is 9.53 Å². The highest BCUT2D eigenvalue weighted by Gasteiger charge is 2.40. The van der Waals surface area contributed by atoms with Crippen molar-refractivity contribution in [3.05, 3.63) is 29.8 Å². The molecule has 3 heterocycles. The second kappa shape index (κ2) is 5.02. The summed E-state index contributed by atoms with van der Waals surface area (Å²) in [6.45, 7) is 4.03. The van der Waals surface area contributed by atoms with E-state index in [1.54, 1.807) is 0 Å². The van der Waals surface area contributed by atoms with Gasteiger partial charge in [-0.05, 0) is 42.9 Å². The van der Waals surface area contributed by atoms with Crippen LogP contribution in [0.15, 0.2) is 24.3 Å². The second-order valence-electron chi connectivity index (χ2n) is 6.67. The lowest BCUT2D eigenvalue weighted by Gasteiger charge is -2.39. The first-order valence-corrected chi connectivity index (χ1v) is 8.00. The Bertz CT molecular complexity index is 516. The molecular weight excluding hydrogens is 264 g/mol. The van der Waals surface area contributed by atoms with Gasteiger partial charge in [0.1, 0.15) is 5.75 Å². The fourth-order valence-corrected chi connectivity index (χ4v) is 3.95. The van der Waals surface area contributed by atoms with Gasteiger partial charge in [-0.2, -0.15) is 0 Å². The summed E-state index contributed by atoms with van der Waals surface area (Å²) in [7, 11) is 0. The van der Waals surface area contributed by atoms with Gasteiger partial charge in [-0.3, -0.25) is 4.79 Å². The lowest BCUT2D eigenvalue weighted by Crippen LogP contribution is -2.48. The summed E-state index contributed by atoms with van der Waals surface area (Å²) in [5, 5.41) is 3.47. The van der Waals surface area contributed by atoms with Crippen LogP contribution in [0.3, 0.4) is 0 Å². The SMILES string of the molecule is O=C(C1Cc2ccccc2O1)N1CCC2(CCNC2)CC1. The minimum Gasteiger partial charge on any atom is -0.480 e. The van der Waals surface area contributed by atoms with Gasteiger partial charge in [0.05, 0.1) is 0 Å². The van der Waals surface area contributed by atoms with Crippen molar-refractivity contribution in [2.75, 3.05) is 26.2 Å². The van der Waals surface area contributed by atoms with Gasteiger partial charge in [-0.15, -0.1) is 0 Å². The number of benzene rings is 1. The molecule has 4 heteroatoms. The van der Waals surface area contributed by atoms with Crippen molar-refractivity contribution in [3.8, 4) is 5.75 Å². The monoisotopic (exact) mass is 286 g/mol. The maximum absolute atomic E-state index is 12.7. The molecule has 1 aromatic rings. The quantitative estimate of drug-likeness (QED) is 0.852. The average molecular weight is 286 g/mol. The number of piperidine rings is 1. The number of ether oxygens (including phenoxy) is 1. The summed E-state index contributed by atoms with van der Waals surface area (Å²) < 4.78 is 5.84. The molecular formula is C17H22N2O2. The lowest BCUT2D eigenvalue weighted by atomic mass is 9.78. The molecule has 1 amide bonds. The first-order valence-electron chi connectivity index (χ1n) is 8.00. The Balaban J connectivity index is 1.39. The molecule has 0 radical (unpaired) electrons. The van der Waals surface area contributed by atoms with E-state index in [-0.39, 0.29) is 12.0 Å². The fraction of sp³-hybridized carbons (Fsp3) is 0.588. The summed E-state index contributed by atoms with van der Waals surface area (Å²) >= 11 is 0. The highest BCUT2D eigenvalue weighted by Crippen LogP contribution is 2.37. The number of carbonyl (C=O) groups excluding carboxylic acids is 1. The molecule has 2 saturated heterocycles.